The van der Waals surface area contributed by atoms with Crippen LogP contribution in [-0.4, -0.2) is 41.5 Å². The normalized spacial score (nSPS) is 16.6. The number of hydrogen-bond donors (Lipinski definition) is 1. The number of hydrogen-bond acceptors (Lipinski definition) is 6. The molecule has 0 bridgehead atoms. The number of carbonyl (C=O) groups excluding carboxylic acids is 2. The second kappa shape index (κ2) is 12.3. The number of carbonyl (C=O) groups is 2. The summed E-state index contributed by atoms with van der Waals surface area (Å²) in [5.74, 6) is 0.618. The van der Waals surface area contributed by atoms with Crippen LogP contribution >= 0.6 is 0 Å². The number of ketones is 1. The van der Waals surface area contributed by atoms with Crippen LogP contribution in [0.25, 0.3) is 5.76 Å². The van der Waals surface area contributed by atoms with Gasteiger partial charge < -0.3 is 24.2 Å². The number of nitrogens with zero attached hydrogens (tertiary/aromatic N) is 1. The first-order chi connectivity index (χ1) is 19.1. The Bertz CT molecular complexity index is 1390. The number of ether oxygens (including phenoxy) is 3. The summed E-state index contributed by atoms with van der Waals surface area (Å²) in [6, 6.07) is 19.2. The molecule has 1 heterocycles. The highest BCUT2D eigenvalue weighted by molar-refractivity contribution is 6.46. The molecule has 7 nitrogen and oxygen atoms in total. The Morgan fingerprint density at radius 2 is 1.57 bits per heavy atom. The lowest BCUT2D eigenvalue weighted by molar-refractivity contribution is -0.140. The predicted octanol–water partition coefficient (Wildman–Crippen LogP) is 6.63. The second-order valence-corrected chi connectivity index (χ2v) is 10.4. The highest BCUT2D eigenvalue weighted by Crippen LogP contribution is 2.41. The van der Waals surface area contributed by atoms with E-state index in [4.69, 9.17) is 14.2 Å². The molecule has 210 valence electrons. The molecule has 1 aliphatic rings. The zero-order valence-electron chi connectivity index (χ0n) is 23.9. The third-order valence-electron chi connectivity index (χ3n) is 6.82. The average Bonchev–Trinajstić information content (AvgIpc) is 3.18. The molecule has 3 aromatic rings. The second-order valence-electron chi connectivity index (χ2n) is 10.4. The minimum atomic E-state index is -0.788. The smallest absolute Gasteiger partial charge is 0.295 e. The SMILES string of the molecule is CCOc1ccc(/C(O)=C2/C(=O)C(=O)N(Cc3ccc(OC)cc3)C2c2ccc(OC(C)C)cc2)cc1C(C)C. The van der Waals surface area contributed by atoms with E-state index in [0.29, 0.717) is 29.2 Å². The fourth-order valence-corrected chi connectivity index (χ4v) is 4.91. The molecule has 7 heteroatoms. The summed E-state index contributed by atoms with van der Waals surface area (Å²) in [5.41, 5.74) is 2.94. The molecule has 40 heavy (non-hydrogen) atoms. The Kier molecular flexibility index (Phi) is 8.83. The molecule has 0 aromatic heterocycles. The van der Waals surface area contributed by atoms with Crippen molar-refractivity contribution < 1.29 is 28.9 Å². The Morgan fingerprint density at radius 1 is 0.925 bits per heavy atom. The quantitative estimate of drug-likeness (QED) is 0.176. The lowest BCUT2D eigenvalue weighted by Crippen LogP contribution is -2.29. The lowest BCUT2D eigenvalue weighted by atomic mass is 9.93. The van der Waals surface area contributed by atoms with E-state index in [-0.39, 0.29) is 29.9 Å². The first kappa shape index (κ1) is 28.7. The Labute approximate surface area is 236 Å². The molecule has 0 aliphatic carbocycles. The fourth-order valence-electron chi connectivity index (χ4n) is 4.91. The van der Waals surface area contributed by atoms with Crippen LogP contribution in [0, 0.1) is 0 Å². The molecule has 1 N–H and O–H groups in total. The van der Waals surface area contributed by atoms with E-state index in [0.717, 1.165) is 16.9 Å². The van der Waals surface area contributed by atoms with E-state index in [2.05, 4.69) is 0 Å². The van der Waals surface area contributed by atoms with Gasteiger partial charge in [0.1, 0.15) is 23.0 Å². The predicted molar refractivity (Wildman–Crippen MR) is 155 cm³/mol. The zero-order chi connectivity index (χ0) is 29.0. The van der Waals surface area contributed by atoms with Crippen LogP contribution in [0.2, 0.25) is 0 Å². The van der Waals surface area contributed by atoms with Crippen LogP contribution in [0.3, 0.4) is 0 Å². The van der Waals surface area contributed by atoms with Crippen LogP contribution in [0.1, 0.15) is 68.8 Å². The molecule has 1 aliphatic heterocycles. The van der Waals surface area contributed by atoms with E-state index in [1.165, 1.54) is 4.90 Å². The highest BCUT2D eigenvalue weighted by atomic mass is 16.5. The number of rotatable bonds is 10. The number of aliphatic hydroxyl groups excluding tert-OH is 1. The van der Waals surface area contributed by atoms with Crippen LogP contribution in [0.15, 0.2) is 72.3 Å². The molecule has 0 spiro atoms. The summed E-state index contributed by atoms with van der Waals surface area (Å²) < 4.78 is 16.8. The maximum absolute atomic E-state index is 13.5. The topological polar surface area (TPSA) is 85.3 Å². The molecule has 1 saturated heterocycles. The van der Waals surface area contributed by atoms with Gasteiger partial charge in [0.15, 0.2) is 0 Å². The first-order valence-electron chi connectivity index (χ1n) is 13.6. The number of methoxy groups -OCH3 is 1. The first-order valence-corrected chi connectivity index (χ1v) is 13.6. The molecular weight excluding hydrogens is 506 g/mol. The molecule has 1 atom stereocenters. The Hall–Kier alpha value is -4.26. The lowest BCUT2D eigenvalue weighted by Gasteiger charge is -2.26. The molecule has 1 fully saturated rings. The van der Waals surface area contributed by atoms with Gasteiger partial charge in [0.2, 0.25) is 0 Å². The molecule has 0 radical (unpaired) electrons. The minimum Gasteiger partial charge on any atom is -0.507 e. The van der Waals surface area contributed by atoms with Gasteiger partial charge in [0.05, 0.1) is 31.4 Å². The van der Waals surface area contributed by atoms with Crippen LogP contribution in [-0.2, 0) is 16.1 Å². The Morgan fingerprint density at radius 3 is 2.15 bits per heavy atom. The largest absolute Gasteiger partial charge is 0.507 e. The summed E-state index contributed by atoms with van der Waals surface area (Å²) in [6.07, 6.45) is 0.00127. The maximum atomic E-state index is 13.5. The monoisotopic (exact) mass is 543 g/mol. The van der Waals surface area contributed by atoms with Crippen molar-refractivity contribution in [3.8, 4) is 17.2 Å². The van der Waals surface area contributed by atoms with Gasteiger partial charge in [0.25, 0.3) is 11.7 Å². The number of benzene rings is 3. The number of amides is 1. The number of aliphatic hydroxyl groups is 1. The van der Waals surface area contributed by atoms with E-state index in [1.807, 2.05) is 89.2 Å². The average molecular weight is 544 g/mol. The summed E-state index contributed by atoms with van der Waals surface area (Å²) in [6.45, 7) is 10.6. The van der Waals surface area contributed by atoms with Crippen molar-refractivity contribution in [3.05, 3.63) is 94.6 Å². The van der Waals surface area contributed by atoms with Gasteiger partial charge in [-0.1, -0.05) is 38.1 Å². The van der Waals surface area contributed by atoms with Crippen LogP contribution in [0.4, 0.5) is 0 Å². The maximum Gasteiger partial charge on any atom is 0.295 e. The van der Waals surface area contributed by atoms with Crippen molar-refractivity contribution in [3.63, 3.8) is 0 Å². The van der Waals surface area contributed by atoms with Gasteiger partial charge in [-0.2, -0.15) is 0 Å². The van der Waals surface area contributed by atoms with Crippen LogP contribution < -0.4 is 14.2 Å². The van der Waals surface area contributed by atoms with Crippen molar-refractivity contribution >= 4 is 17.4 Å². The standard InChI is InChI=1S/C33H37NO6/c1-7-39-28-17-12-24(18-27(28)20(2)3)31(35)29-30(23-10-15-26(16-11-23)40-21(4)5)34(33(37)32(29)36)19-22-8-13-25(38-6)14-9-22/h8-18,20-21,30,35H,7,19H2,1-6H3/b31-29-. The van der Waals surface area contributed by atoms with Crippen molar-refractivity contribution in [2.75, 3.05) is 13.7 Å². The minimum absolute atomic E-state index is 0.00127. The van der Waals surface area contributed by atoms with E-state index in [9.17, 15) is 14.7 Å². The van der Waals surface area contributed by atoms with Crippen LogP contribution in [0.5, 0.6) is 17.2 Å². The fraction of sp³-hybridized carbons (Fsp3) is 0.333. The zero-order valence-corrected chi connectivity index (χ0v) is 23.9. The number of likely N-dealkylation sites (tertiary alicyclic amines) is 1. The summed E-state index contributed by atoms with van der Waals surface area (Å²) in [5, 5.41) is 11.6. The van der Waals surface area contributed by atoms with E-state index in [1.54, 1.807) is 19.2 Å². The molecule has 1 amide bonds. The van der Waals surface area contributed by atoms with Crippen molar-refractivity contribution in [2.45, 2.75) is 59.2 Å². The van der Waals surface area contributed by atoms with Gasteiger partial charge in [-0.05, 0) is 85.8 Å². The van der Waals surface area contributed by atoms with E-state index >= 15 is 0 Å². The summed E-state index contributed by atoms with van der Waals surface area (Å²) in [7, 11) is 1.59. The Balaban J connectivity index is 1.83. The van der Waals surface area contributed by atoms with Crippen molar-refractivity contribution in [2.24, 2.45) is 0 Å². The molecule has 3 aromatic carbocycles. The van der Waals surface area contributed by atoms with Gasteiger partial charge in [0, 0.05) is 12.1 Å². The van der Waals surface area contributed by atoms with Crippen molar-refractivity contribution in [1.82, 2.24) is 4.90 Å². The number of Topliss-reactive ketones (excluding diaryl/α,β-unsaturated/α-hetero) is 1. The van der Waals surface area contributed by atoms with Gasteiger partial charge in [-0.3, -0.25) is 9.59 Å². The summed E-state index contributed by atoms with van der Waals surface area (Å²) in [4.78, 5) is 28.5. The molecular formula is C33H37NO6. The molecule has 4 rings (SSSR count). The van der Waals surface area contributed by atoms with E-state index < -0.39 is 17.7 Å². The van der Waals surface area contributed by atoms with Crippen molar-refractivity contribution in [1.29, 1.82) is 0 Å². The van der Waals surface area contributed by atoms with Gasteiger partial charge >= 0.3 is 0 Å². The summed E-state index contributed by atoms with van der Waals surface area (Å²) >= 11 is 0. The van der Waals surface area contributed by atoms with Gasteiger partial charge in [-0.15, -0.1) is 0 Å². The molecule has 1 unspecified atom stereocenters. The highest BCUT2D eigenvalue weighted by Gasteiger charge is 2.46. The molecule has 0 saturated carbocycles. The van der Waals surface area contributed by atoms with Gasteiger partial charge in [-0.25, -0.2) is 0 Å². The third-order valence-corrected chi connectivity index (χ3v) is 6.82. The third kappa shape index (κ3) is 5.98.